The number of rotatable bonds is 5. The molecule has 0 aromatic carbocycles. The molecule has 1 aliphatic heterocycles. The lowest BCUT2D eigenvalue weighted by Crippen LogP contribution is -2.43. The molecule has 24 heavy (non-hydrogen) atoms. The molecule has 9 heteroatoms. The minimum Gasteiger partial charge on any atom is -0.475 e. The highest BCUT2D eigenvalue weighted by atomic mass is 32.2. The van der Waals surface area contributed by atoms with Crippen LogP contribution >= 0.6 is 0 Å². The van der Waals surface area contributed by atoms with Crippen molar-refractivity contribution in [2.24, 2.45) is 5.92 Å². The monoisotopic (exact) mass is 356 g/mol. The lowest BCUT2D eigenvalue weighted by molar-refractivity contribution is -0.135. The van der Waals surface area contributed by atoms with E-state index >= 15 is 0 Å². The van der Waals surface area contributed by atoms with Crippen molar-refractivity contribution in [1.29, 1.82) is 0 Å². The number of aromatic carboxylic acids is 1. The molecule has 1 amide bonds. The van der Waals surface area contributed by atoms with Crippen LogP contribution in [0.3, 0.4) is 0 Å². The van der Waals surface area contributed by atoms with E-state index in [1.165, 1.54) is 4.31 Å². The summed E-state index contributed by atoms with van der Waals surface area (Å²) in [6.07, 6.45) is 3.00. The first-order valence-corrected chi connectivity index (χ1v) is 9.34. The largest absolute Gasteiger partial charge is 0.475 e. The van der Waals surface area contributed by atoms with Crippen molar-refractivity contribution in [1.82, 2.24) is 9.21 Å². The number of carboxylic acids is 1. The highest BCUT2D eigenvalue weighted by Crippen LogP contribution is 2.30. The van der Waals surface area contributed by atoms with E-state index in [0.29, 0.717) is 18.9 Å². The third-order valence-corrected chi connectivity index (χ3v) is 6.40. The molecular formula is C15H20N2O6S. The summed E-state index contributed by atoms with van der Waals surface area (Å²) in [7, 11) is -2.06. The smallest absolute Gasteiger partial charge is 0.371 e. The van der Waals surface area contributed by atoms with Gasteiger partial charge < -0.3 is 14.4 Å². The van der Waals surface area contributed by atoms with Crippen LogP contribution in [0.1, 0.15) is 36.2 Å². The molecule has 132 valence electrons. The van der Waals surface area contributed by atoms with Crippen LogP contribution in [0.5, 0.6) is 0 Å². The number of nitrogens with zero attached hydrogens (tertiary/aromatic N) is 2. The Hall–Kier alpha value is -1.87. The number of furan rings is 1. The molecule has 0 unspecified atom stereocenters. The summed E-state index contributed by atoms with van der Waals surface area (Å²) in [4.78, 5) is 25.0. The van der Waals surface area contributed by atoms with Crippen molar-refractivity contribution in [3.63, 3.8) is 0 Å². The van der Waals surface area contributed by atoms with Crippen molar-refractivity contribution in [3.05, 3.63) is 17.9 Å². The first kappa shape index (κ1) is 17.0. The molecule has 0 atom stereocenters. The van der Waals surface area contributed by atoms with E-state index in [9.17, 15) is 18.0 Å². The van der Waals surface area contributed by atoms with Gasteiger partial charge in [0.15, 0.2) is 0 Å². The van der Waals surface area contributed by atoms with Gasteiger partial charge in [0.25, 0.3) is 10.0 Å². The van der Waals surface area contributed by atoms with Crippen molar-refractivity contribution < 1.29 is 27.5 Å². The SMILES string of the molecule is CN(C(=O)C1CCN(S(=O)(=O)c2ccc(C(=O)O)o2)CC1)C1CC1. The van der Waals surface area contributed by atoms with Crippen molar-refractivity contribution in [2.75, 3.05) is 20.1 Å². The van der Waals surface area contributed by atoms with Crippen molar-refractivity contribution >= 4 is 21.9 Å². The van der Waals surface area contributed by atoms with Gasteiger partial charge in [-0.05, 0) is 37.8 Å². The zero-order valence-electron chi connectivity index (χ0n) is 13.3. The average molecular weight is 356 g/mol. The standard InChI is InChI=1S/C15H20N2O6S/c1-16(11-2-3-11)14(18)10-6-8-17(9-7-10)24(21,22)13-5-4-12(23-13)15(19)20/h4-5,10-11H,2-3,6-9H2,1H3,(H,19,20). The summed E-state index contributed by atoms with van der Waals surface area (Å²) >= 11 is 0. The van der Waals surface area contributed by atoms with Crippen LogP contribution in [0.4, 0.5) is 0 Å². The number of amides is 1. The third kappa shape index (κ3) is 3.18. The Labute approximate surface area is 140 Å². The molecule has 2 aliphatic rings. The van der Waals surface area contributed by atoms with Gasteiger partial charge in [-0.15, -0.1) is 0 Å². The molecule has 1 aromatic rings. The zero-order chi connectivity index (χ0) is 17.5. The van der Waals surface area contributed by atoms with Gasteiger partial charge in [-0.25, -0.2) is 13.2 Å². The fraction of sp³-hybridized carbons (Fsp3) is 0.600. The normalized spacial score (nSPS) is 20.0. The molecular weight excluding hydrogens is 336 g/mol. The lowest BCUT2D eigenvalue weighted by Gasteiger charge is -2.32. The van der Waals surface area contributed by atoms with Gasteiger partial charge in [0.05, 0.1) is 0 Å². The van der Waals surface area contributed by atoms with Gasteiger partial charge in [0.1, 0.15) is 0 Å². The average Bonchev–Trinajstić information content (AvgIpc) is 3.28. The fourth-order valence-electron chi connectivity index (χ4n) is 2.97. The number of hydrogen-bond donors (Lipinski definition) is 1. The van der Waals surface area contributed by atoms with Crippen molar-refractivity contribution in [3.8, 4) is 0 Å². The fourth-order valence-corrected chi connectivity index (χ4v) is 4.35. The Morgan fingerprint density at radius 3 is 2.33 bits per heavy atom. The number of carbonyl (C=O) groups excluding carboxylic acids is 1. The summed E-state index contributed by atoms with van der Waals surface area (Å²) < 4.78 is 31.2. The lowest BCUT2D eigenvalue weighted by atomic mass is 9.96. The second kappa shape index (κ2) is 6.21. The number of piperidine rings is 1. The first-order valence-electron chi connectivity index (χ1n) is 7.90. The van der Waals surface area contributed by atoms with Crippen LogP contribution in [-0.4, -0.2) is 60.8 Å². The molecule has 0 bridgehead atoms. The maximum absolute atomic E-state index is 12.5. The zero-order valence-corrected chi connectivity index (χ0v) is 14.2. The number of sulfonamides is 1. The molecule has 1 aliphatic carbocycles. The van der Waals surface area contributed by atoms with Gasteiger partial charge >= 0.3 is 5.97 Å². The minimum atomic E-state index is -3.87. The Bertz CT molecular complexity index is 744. The summed E-state index contributed by atoms with van der Waals surface area (Å²) in [6, 6.07) is 2.62. The summed E-state index contributed by atoms with van der Waals surface area (Å²) in [6.45, 7) is 0.445. The maximum Gasteiger partial charge on any atom is 0.371 e. The molecule has 1 aromatic heterocycles. The van der Waals surface area contributed by atoms with Crippen molar-refractivity contribution in [2.45, 2.75) is 36.8 Å². The van der Waals surface area contributed by atoms with E-state index < -0.39 is 21.8 Å². The van der Waals surface area contributed by atoms with E-state index in [2.05, 4.69) is 0 Å². The van der Waals surface area contributed by atoms with Crippen LogP contribution < -0.4 is 0 Å². The Morgan fingerprint density at radius 1 is 1.21 bits per heavy atom. The highest BCUT2D eigenvalue weighted by Gasteiger charge is 2.37. The molecule has 3 rings (SSSR count). The number of carboxylic acid groups (broad SMARTS) is 1. The Morgan fingerprint density at radius 2 is 1.83 bits per heavy atom. The summed E-state index contributed by atoms with van der Waals surface area (Å²) in [5.74, 6) is -1.80. The molecule has 1 saturated heterocycles. The second-order valence-electron chi connectivity index (χ2n) is 6.28. The minimum absolute atomic E-state index is 0.0840. The molecule has 1 N–H and O–H groups in total. The molecule has 1 saturated carbocycles. The third-order valence-electron chi connectivity index (χ3n) is 4.63. The second-order valence-corrected chi connectivity index (χ2v) is 8.15. The van der Waals surface area contributed by atoms with E-state index in [-0.39, 0.29) is 30.0 Å². The van der Waals surface area contributed by atoms with Crippen LogP contribution in [-0.2, 0) is 14.8 Å². The van der Waals surface area contributed by atoms with Crippen LogP contribution in [0.15, 0.2) is 21.6 Å². The predicted molar refractivity (Wildman–Crippen MR) is 82.9 cm³/mol. The van der Waals surface area contributed by atoms with E-state index in [0.717, 1.165) is 25.0 Å². The quantitative estimate of drug-likeness (QED) is 0.843. The van der Waals surface area contributed by atoms with Crippen LogP contribution in [0.25, 0.3) is 0 Å². The molecule has 2 heterocycles. The topological polar surface area (TPSA) is 108 Å². The predicted octanol–water partition coefficient (Wildman–Crippen LogP) is 0.999. The first-order chi connectivity index (χ1) is 11.3. The molecule has 8 nitrogen and oxygen atoms in total. The van der Waals surface area contributed by atoms with Crippen LogP contribution in [0.2, 0.25) is 0 Å². The van der Waals surface area contributed by atoms with Gasteiger partial charge in [-0.2, -0.15) is 4.31 Å². The van der Waals surface area contributed by atoms with Gasteiger partial charge in [-0.3, -0.25) is 4.79 Å². The van der Waals surface area contributed by atoms with Gasteiger partial charge in [-0.1, -0.05) is 0 Å². The number of carbonyl (C=O) groups is 2. The van der Waals surface area contributed by atoms with Gasteiger partial charge in [0.2, 0.25) is 16.8 Å². The Balaban J connectivity index is 1.64. The summed E-state index contributed by atoms with van der Waals surface area (Å²) in [5.41, 5.74) is 0. The Kier molecular flexibility index (Phi) is 4.39. The molecule has 0 radical (unpaired) electrons. The maximum atomic E-state index is 12.5. The van der Waals surface area contributed by atoms with E-state index in [1.807, 2.05) is 0 Å². The van der Waals surface area contributed by atoms with E-state index in [1.54, 1.807) is 11.9 Å². The van der Waals surface area contributed by atoms with Crippen LogP contribution in [0, 0.1) is 5.92 Å². The van der Waals surface area contributed by atoms with Gasteiger partial charge in [0, 0.05) is 32.1 Å². The highest BCUT2D eigenvalue weighted by molar-refractivity contribution is 7.89. The number of hydrogen-bond acceptors (Lipinski definition) is 5. The molecule has 0 spiro atoms. The molecule has 2 fully saturated rings. The van der Waals surface area contributed by atoms with E-state index in [4.69, 9.17) is 9.52 Å². The summed E-state index contributed by atoms with van der Waals surface area (Å²) in [5, 5.41) is 8.45.